The van der Waals surface area contributed by atoms with Crippen molar-refractivity contribution in [2.75, 3.05) is 0 Å². The minimum absolute atomic E-state index is 0.0192. The number of rotatable bonds is 5. The summed E-state index contributed by atoms with van der Waals surface area (Å²) in [4.78, 5) is 23.5. The predicted octanol–water partition coefficient (Wildman–Crippen LogP) is 3.34. The number of carboxylic acids is 1. The van der Waals surface area contributed by atoms with E-state index in [9.17, 15) is 14.7 Å². The number of amides is 1. The third kappa shape index (κ3) is 3.49. The van der Waals surface area contributed by atoms with Crippen molar-refractivity contribution >= 4 is 12.1 Å². The molecule has 2 N–H and O–H groups in total. The van der Waals surface area contributed by atoms with Gasteiger partial charge in [0.15, 0.2) is 0 Å². The Labute approximate surface area is 136 Å². The zero-order valence-corrected chi connectivity index (χ0v) is 13.2. The van der Waals surface area contributed by atoms with Gasteiger partial charge in [0.2, 0.25) is 0 Å². The molecule has 0 saturated heterocycles. The predicted molar refractivity (Wildman–Crippen MR) is 84.8 cm³/mol. The molecule has 3 atom stereocenters. The largest absolute Gasteiger partial charge is 0.481 e. The summed E-state index contributed by atoms with van der Waals surface area (Å²) in [5.74, 6) is -0.0486. The number of benzene rings is 1. The number of alkyl carbamates (subject to hydrolysis) is 1. The second-order valence-electron chi connectivity index (χ2n) is 6.75. The van der Waals surface area contributed by atoms with Gasteiger partial charge in [-0.15, -0.1) is 0 Å². The Hall–Kier alpha value is -2.04. The minimum Gasteiger partial charge on any atom is -0.481 e. The van der Waals surface area contributed by atoms with Gasteiger partial charge >= 0.3 is 12.1 Å². The molecule has 1 aromatic rings. The Bertz CT molecular complexity index is 574. The highest BCUT2D eigenvalue weighted by Crippen LogP contribution is 2.51. The molecule has 0 bridgehead atoms. The Kier molecular flexibility index (Phi) is 4.55. The summed E-state index contributed by atoms with van der Waals surface area (Å²) in [6.45, 7) is 0.198. The third-order valence-corrected chi connectivity index (χ3v) is 5.36. The van der Waals surface area contributed by atoms with Crippen LogP contribution in [0.4, 0.5) is 4.79 Å². The van der Waals surface area contributed by atoms with Gasteiger partial charge in [-0.3, -0.25) is 4.79 Å². The number of carbonyl (C=O) groups excluding carboxylic acids is 1. The van der Waals surface area contributed by atoms with Gasteiger partial charge in [0.1, 0.15) is 6.61 Å². The van der Waals surface area contributed by atoms with E-state index in [1.807, 2.05) is 30.3 Å². The van der Waals surface area contributed by atoms with Crippen molar-refractivity contribution in [1.29, 1.82) is 0 Å². The smallest absolute Gasteiger partial charge is 0.407 e. The van der Waals surface area contributed by atoms with Crippen LogP contribution in [0.15, 0.2) is 30.3 Å². The molecule has 2 saturated carbocycles. The highest BCUT2D eigenvalue weighted by Gasteiger charge is 2.52. The van der Waals surface area contributed by atoms with E-state index in [2.05, 4.69) is 5.32 Å². The molecule has 3 unspecified atom stereocenters. The summed E-state index contributed by atoms with van der Waals surface area (Å²) in [5.41, 5.74) is 0.279. The maximum atomic E-state index is 12.2. The lowest BCUT2D eigenvalue weighted by molar-refractivity contribution is -0.139. The van der Waals surface area contributed by atoms with Gasteiger partial charge in [0.25, 0.3) is 0 Å². The fourth-order valence-electron chi connectivity index (χ4n) is 4.39. The van der Waals surface area contributed by atoms with Gasteiger partial charge in [0.05, 0.1) is 12.0 Å². The molecule has 2 aliphatic carbocycles. The molecule has 0 heterocycles. The molecule has 0 aliphatic heterocycles. The van der Waals surface area contributed by atoms with Gasteiger partial charge < -0.3 is 15.2 Å². The molecule has 1 aromatic carbocycles. The van der Waals surface area contributed by atoms with Crippen LogP contribution in [0.25, 0.3) is 0 Å². The van der Waals surface area contributed by atoms with Crippen LogP contribution in [0.1, 0.15) is 44.1 Å². The van der Waals surface area contributed by atoms with E-state index in [0.717, 1.165) is 37.7 Å². The van der Waals surface area contributed by atoms with Crippen LogP contribution < -0.4 is 5.32 Å². The number of carbonyl (C=O) groups is 2. The van der Waals surface area contributed by atoms with Crippen molar-refractivity contribution in [3.63, 3.8) is 0 Å². The first-order valence-electron chi connectivity index (χ1n) is 8.30. The average molecular weight is 317 g/mol. The molecule has 3 rings (SSSR count). The molecule has 5 nitrogen and oxygen atoms in total. The molecular formula is C18H23NO4. The van der Waals surface area contributed by atoms with Crippen molar-refractivity contribution in [2.45, 2.75) is 50.7 Å². The number of fused-ring (bicyclic) bond motifs is 1. The van der Waals surface area contributed by atoms with Crippen molar-refractivity contribution in [2.24, 2.45) is 11.8 Å². The monoisotopic (exact) mass is 317 g/mol. The molecule has 0 spiro atoms. The number of hydrogen-bond acceptors (Lipinski definition) is 3. The first-order chi connectivity index (χ1) is 11.1. The Morgan fingerprint density at radius 3 is 2.74 bits per heavy atom. The Balaban J connectivity index is 1.64. The zero-order chi connectivity index (χ0) is 16.3. The number of nitrogens with one attached hydrogen (secondary N) is 1. The SMILES string of the molecule is O=C(O)CC1(NC(=O)OCc2ccccc2)CCC2CCCC21. The normalized spacial score (nSPS) is 29.0. The summed E-state index contributed by atoms with van der Waals surface area (Å²) < 4.78 is 5.30. The first kappa shape index (κ1) is 15.8. The van der Waals surface area contributed by atoms with Crippen molar-refractivity contribution in [3.8, 4) is 0 Å². The summed E-state index contributed by atoms with van der Waals surface area (Å²) >= 11 is 0. The summed E-state index contributed by atoms with van der Waals surface area (Å²) in [6, 6.07) is 9.47. The second kappa shape index (κ2) is 6.60. The second-order valence-corrected chi connectivity index (χ2v) is 6.75. The van der Waals surface area contributed by atoms with E-state index in [1.54, 1.807) is 0 Å². The van der Waals surface area contributed by atoms with Gasteiger partial charge in [-0.1, -0.05) is 43.2 Å². The van der Waals surface area contributed by atoms with Crippen molar-refractivity contribution in [3.05, 3.63) is 35.9 Å². The van der Waals surface area contributed by atoms with E-state index in [4.69, 9.17) is 4.74 Å². The number of hydrogen-bond donors (Lipinski definition) is 2. The van der Waals surface area contributed by atoms with Crippen LogP contribution in [-0.4, -0.2) is 22.7 Å². The number of carboxylic acid groups (broad SMARTS) is 1. The summed E-state index contributed by atoms with van der Waals surface area (Å²) in [5, 5.41) is 12.2. The molecule has 2 fully saturated rings. The van der Waals surface area contributed by atoms with E-state index in [0.29, 0.717) is 5.92 Å². The van der Waals surface area contributed by atoms with Crippen molar-refractivity contribution in [1.82, 2.24) is 5.32 Å². The van der Waals surface area contributed by atoms with Crippen LogP contribution in [0.2, 0.25) is 0 Å². The Morgan fingerprint density at radius 1 is 1.22 bits per heavy atom. The van der Waals surface area contributed by atoms with Gasteiger partial charge in [-0.25, -0.2) is 4.79 Å². The summed E-state index contributed by atoms with van der Waals surface area (Å²) in [7, 11) is 0. The van der Waals surface area contributed by atoms with Gasteiger partial charge in [-0.05, 0) is 36.7 Å². The topological polar surface area (TPSA) is 75.6 Å². The van der Waals surface area contributed by atoms with E-state index >= 15 is 0 Å². The highest BCUT2D eigenvalue weighted by molar-refractivity contribution is 5.73. The van der Waals surface area contributed by atoms with Crippen LogP contribution in [0, 0.1) is 11.8 Å². The van der Waals surface area contributed by atoms with E-state index < -0.39 is 17.6 Å². The lowest BCUT2D eigenvalue weighted by atomic mass is 9.81. The standard InChI is InChI=1S/C18H23NO4/c20-16(21)11-18(10-9-14-7-4-8-15(14)18)19-17(22)23-12-13-5-2-1-3-6-13/h1-3,5-6,14-15H,4,7-12H2,(H,19,22)(H,20,21). The average Bonchev–Trinajstić information content (AvgIpc) is 3.11. The van der Waals surface area contributed by atoms with Crippen LogP contribution in [-0.2, 0) is 16.1 Å². The Morgan fingerprint density at radius 2 is 2.00 bits per heavy atom. The lowest BCUT2D eigenvalue weighted by Crippen LogP contribution is -2.52. The van der Waals surface area contributed by atoms with Crippen LogP contribution >= 0.6 is 0 Å². The molecule has 5 heteroatoms. The fraction of sp³-hybridized carbons (Fsp3) is 0.556. The third-order valence-electron chi connectivity index (χ3n) is 5.36. The molecule has 124 valence electrons. The number of ether oxygens (including phenoxy) is 1. The zero-order valence-electron chi connectivity index (χ0n) is 13.2. The number of aliphatic carboxylic acids is 1. The quantitative estimate of drug-likeness (QED) is 0.873. The summed E-state index contributed by atoms with van der Waals surface area (Å²) in [6.07, 6.45) is 4.46. The molecule has 23 heavy (non-hydrogen) atoms. The van der Waals surface area contributed by atoms with Crippen LogP contribution in [0.5, 0.6) is 0 Å². The minimum atomic E-state index is -0.860. The maximum absolute atomic E-state index is 12.2. The molecule has 0 aromatic heterocycles. The fourth-order valence-corrected chi connectivity index (χ4v) is 4.39. The molecule has 0 radical (unpaired) electrons. The highest BCUT2D eigenvalue weighted by atomic mass is 16.5. The van der Waals surface area contributed by atoms with Gasteiger partial charge in [0, 0.05) is 0 Å². The molecular weight excluding hydrogens is 294 g/mol. The lowest BCUT2D eigenvalue weighted by Gasteiger charge is -2.34. The van der Waals surface area contributed by atoms with E-state index in [-0.39, 0.29) is 18.9 Å². The van der Waals surface area contributed by atoms with E-state index in [1.165, 1.54) is 0 Å². The van der Waals surface area contributed by atoms with Crippen molar-refractivity contribution < 1.29 is 19.4 Å². The van der Waals surface area contributed by atoms with Crippen LogP contribution in [0.3, 0.4) is 0 Å². The molecule has 2 aliphatic rings. The van der Waals surface area contributed by atoms with Gasteiger partial charge in [-0.2, -0.15) is 0 Å². The first-order valence-corrected chi connectivity index (χ1v) is 8.30. The maximum Gasteiger partial charge on any atom is 0.407 e. The molecule has 1 amide bonds.